The molecule has 0 radical (unpaired) electrons. The van der Waals surface area contributed by atoms with Crippen molar-refractivity contribution in [3.05, 3.63) is 24.3 Å². The van der Waals surface area contributed by atoms with E-state index in [2.05, 4.69) is 15.2 Å². The lowest BCUT2D eigenvalue weighted by Gasteiger charge is -2.26. The van der Waals surface area contributed by atoms with Crippen molar-refractivity contribution in [2.45, 2.75) is 24.0 Å². The molecule has 1 aliphatic heterocycles. The normalized spacial score (nSPS) is 14.6. The molecule has 8 nitrogen and oxygen atoms in total. The lowest BCUT2D eigenvalue weighted by Crippen LogP contribution is -2.43. The molecule has 0 unspecified atom stereocenters. The summed E-state index contributed by atoms with van der Waals surface area (Å²) >= 11 is 1.71. The number of thioether (sulfide) groups is 1. The lowest BCUT2D eigenvalue weighted by atomic mass is 10.3. The first-order valence-electron chi connectivity index (χ1n) is 9.32. The predicted octanol–water partition coefficient (Wildman–Crippen LogP) is 3.48. The first-order chi connectivity index (χ1) is 15.3. The molecule has 186 valence electrons. The van der Waals surface area contributed by atoms with Gasteiger partial charge in [0.2, 0.25) is 0 Å². The number of aromatic nitrogens is 1. The maximum atomic E-state index is 10.6. The topological polar surface area (TPSA) is 116 Å². The number of halogens is 6. The number of hydrogen-bond donors (Lipinski definition) is 3. The summed E-state index contributed by atoms with van der Waals surface area (Å²) in [6.45, 7) is 5.77. The first kappa shape index (κ1) is 28.5. The van der Waals surface area contributed by atoms with Gasteiger partial charge in [0.25, 0.3) is 5.22 Å². The van der Waals surface area contributed by atoms with Crippen molar-refractivity contribution in [3.63, 3.8) is 0 Å². The zero-order valence-electron chi connectivity index (χ0n) is 16.9. The van der Waals surface area contributed by atoms with Gasteiger partial charge in [-0.1, -0.05) is 23.9 Å². The molecule has 0 aliphatic carbocycles. The Bertz CT molecular complexity index is 827. The van der Waals surface area contributed by atoms with Gasteiger partial charge in [0.1, 0.15) is 5.52 Å². The highest BCUT2D eigenvalue weighted by Crippen LogP contribution is 2.23. The molecule has 0 atom stereocenters. The van der Waals surface area contributed by atoms with E-state index >= 15 is 0 Å². The van der Waals surface area contributed by atoms with Gasteiger partial charge in [0.15, 0.2) is 5.58 Å². The van der Waals surface area contributed by atoms with Gasteiger partial charge in [-0.05, 0) is 25.1 Å². The van der Waals surface area contributed by atoms with Crippen molar-refractivity contribution in [1.29, 1.82) is 0 Å². The second-order valence-electron chi connectivity index (χ2n) is 6.35. The quantitative estimate of drug-likeness (QED) is 0.319. The molecule has 1 aromatic carbocycles. The number of alkyl halides is 6. The van der Waals surface area contributed by atoms with Crippen LogP contribution in [0.15, 0.2) is 33.9 Å². The van der Waals surface area contributed by atoms with Crippen LogP contribution in [0.25, 0.3) is 11.1 Å². The second kappa shape index (κ2) is 13.3. The number of benzene rings is 1. The number of nitrogens with zero attached hydrogens (tertiary/aromatic N) is 2. The largest absolute Gasteiger partial charge is 0.490 e. The fraction of sp³-hybridized carbons (Fsp3) is 0.500. The second-order valence-corrected chi connectivity index (χ2v) is 7.39. The van der Waals surface area contributed by atoms with Crippen LogP contribution in [0.4, 0.5) is 26.3 Å². The number of piperazine rings is 1. The number of rotatable bonds is 5. The highest BCUT2D eigenvalue weighted by molar-refractivity contribution is 7.99. The number of aliphatic carboxylic acids is 2. The molecule has 1 saturated heterocycles. The van der Waals surface area contributed by atoms with Crippen LogP contribution < -0.4 is 5.32 Å². The van der Waals surface area contributed by atoms with Crippen LogP contribution >= 0.6 is 11.8 Å². The number of carboxylic acids is 2. The molecule has 1 aliphatic rings. The summed E-state index contributed by atoms with van der Waals surface area (Å²) < 4.78 is 69.2. The Morgan fingerprint density at radius 2 is 1.55 bits per heavy atom. The fourth-order valence-electron chi connectivity index (χ4n) is 2.30. The van der Waals surface area contributed by atoms with E-state index in [9.17, 15) is 26.3 Å². The van der Waals surface area contributed by atoms with E-state index < -0.39 is 24.3 Å². The van der Waals surface area contributed by atoms with E-state index in [0.717, 1.165) is 35.2 Å². The number of carbonyl (C=O) groups is 2. The van der Waals surface area contributed by atoms with Crippen LogP contribution in [0.1, 0.15) is 6.42 Å². The highest BCUT2D eigenvalue weighted by Gasteiger charge is 2.38. The fourth-order valence-corrected chi connectivity index (χ4v) is 3.05. The van der Waals surface area contributed by atoms with Gasteiger partial charge in [-0.2, -0.15) is 26.3 Å². The maximum absolute atomic E-state index is 10.6. The summed E-state index contributed by atoms with van der Waals surface area (Å²) in [5.41, 5.74) is 1.83. The van der Waals surface area contributed by atoms with Crippen LogP contribution in [0.3, 0.4) is 0 Å². The van der Waals surface area contributed by atoms with Crippen molar-refractivity contribution >= 4 is 34.8 Å². The molecule has 0 spiro atoms. The number of fused-ring (bicyclic) bond motifs is 1. The van der Waals surface area contributed by atoms with Crippen molar-refractivity contribution < 1.29 is 50.6 Å². The number of nitrogens with one attached hydrogen (secondary N) is 1. The minimum Gasteiger partial charge on any atom is -0.475 e. The van der Waals surface area contributed by atoms with Crippen LogP contribution in [0, 0.1) is 0 Å². The van der Waals surface area contributed by atoms with Crippen molar-refractivity contribution in [3.8, 4) is 0 Å². The molecule has 3 N–H and O–H groups in total. The van der Waals surface area contributed by atoms with Crippen molar-refractivity contribution in [1.82, 2.24) is 15.2 Å². The molecule has 33 heavy (non-hydrogen) atoms. The van der Waals surface area contributed by atoms with Gasteiger partial charge < -0.3 is 24.8 Å². The molecule has 0 bridgehead atoms. The molecular formula is C18H21F6N3O5S. The number of carboxylic acid groups (broad SMARTS) is 2. The van der Waals surface area contributed by atoms with E-state index in [1.807, 2.05) is 24.3 Å². The van der Waals surface area contributed by atoms with E-state index in [0.29, 0.717) is 0 Å². The third-order valence-corrected chi connectivity index (χ3v) is 4.73. The molecule has 0 amide bonds. The Labute approximate surface area is 187 Å². The van der Waals surface area contributed by atoms with E-state index in [-0.39, 0.29) is 0 Å². The zero-order valence-corrected chi connectivity index (χ0v) is 17.8. The van der Waals surface area contributed by atoms with Gasteiger partial charge in [0.05, 0.1) is 0 Å². The average Bonchev–Trinajstić information content (AvgIpc) is 3.14. The number of hydrogen-bond acceptors (Lipinski definition) is 7. The highest BCUT2D eigenvalue weighted by atomic mass is 32.2. The SMILES string of the molecule is O=C(O)C(F)(F)F.O=C(O)C(F)(F)F.c1ccc2oc(SCCCN3CCNCC3)nc2c1. The molecule has 3 rings (SSSR count). The van der Waals surface area contributed by atoms with Gasteiger partial charge in [-0.25, -0.2) is 14.6 Å². The summed E-state index contributed by atoms with van der Waals surface area (Å²) in [6, 6.07) is 7.92. The van der Waals surface area contributed by atoms with Gasteiger partial charge in [-0.15, -0.1) is 0 Å². The summed E-state index contributed by atoms with van der Waals surface area (Å²) in [7, 11) is 0. The summed E-state index contributed by atoms with van der Waals surface area (Å²) in [4.78, 5) is 24.8. The van der Waals surface area contributed by atoms with E-state index in [1.165, 1.54) is 26.1 Å². The lowest BCUT2D eigenvalue weighted by molar-refractivity contribution is -0.193. The number of oxazole rings is 1. The summed E-state index contributed by atoms with van der Waals surface area (Å²) in [5.74, 6) is -4.45. The van der Waals surface area contributed by atoms with Crippen molar-refractivity contribution in [2.75, 3.05) is 38.5 Å². The van der Waals surface area contributed by atoms with Gasteiger partial charge >= 0.3 is 24.3 Å². The zero-order chi connectivity index (χ0) is 25.1. The maximum Gasteiger partial charge on any atom is 0.490 e. The van der Waals surface area contributed by atoms with Crippen molar-refractivity contribution in [2.24, 2.45) is 0 Å². The monoisotopic (exact) mass is 505 g/mol. The predicted molar refractivity (Wildman–Crippen MR) is 106 cm³/mol. The summed E-state index contributed by atoms with van der Waals surface area (Å²) in [6.07, 6.45) is -8.98. The smallest absolute Gasteiger partial charge is 0.475 e. The van der Waals surface area contributed by atoms with E-state index in [4.69, 9.17) is 24.2 Å². The summed E-state index contributed by atoms with van der Waals surface area (Å²) in [5, 5.41) is 18.4. The Morgan fingerprint density at radius 3 is 2.03 bits per heavy atom. The van der Waals surface area contributed by atoms with Crippen LogP contribution in [-0.4, -0.2) is 82.9 Å². The Morgan fingerprint density at radius 1 is 1.03 bits per heavy atom. The van der Waals surface area contributed by atoms with Crippen LogP contribution in [0.5, 0.6) is 0 Å². The molecule has 15 heteroatoms. The average molecular weight is 505 g/mol. The third-order valence-electron chi connectivity index (χ3n) is 3.81. The van der Waals surface area contributed by atoms with Gasteiger partial charge in [0, 0.05) is 31.9 Å². The molecule has 0 saturated carbocycles. The molecule has 1 fully saturated rings. The molecule has 2 heterocycles. The molecule has 1 aromatic heterocycles. The number of para-hydroxylation sites is 2. The molecular weight excluding hydrogens is 484 g/mol. The third kappa shape index (κ3) is 11.8. The molecule has 2 aromatic rings. The van der Waals surface area contributed by atoms with Crippen LogP contribution in [-0.2, 0) is 9.59 Å². The Kier molecular flexibility index (Phi) is 11.4. The minimum atomic E-state index is -5.08. The van der Waals surface area contributed by atoms with Gasteiger partial charge in [-0.3, -0.25) is 0 Å². The van der Waals surface area contributed by atoms with E-state index in [1.54, 1.807) is 11.8 Å². The Hall–Kier alpha value is -2.52. The Balaban J connectivity index is 0.000000324. The first-order valence-corrected chi connectivity index (χ1v) is 10.3. The standard InChI is InChI=1S/C14H19N3OS.2C2HF3O2/c1-2-5-13-12(4-1)16-14(18-13)19-11-3-8-17-9-6-15-7-10-17;2*3-2(4,5)1(6)7/h1-2,4-5,15H,3,6-11H2;2*(H,6,7). The minimum absolute atomic E-state index is 0.793. The van der Waals surface area contributed by atoms with Crippen LogP contribution in [0.2, 0.25) is 0 Å².